The number of rotatable bonds is 8. The molecule has 0 saturated carbocycles. The van der Waals surface area contributed by atoms with Crippen molar-refractivity contribution in [1.29, 1.82) is 0 Å². The number of aliphatic hydroxyl groups is 1. The lowest BCUT2D eigenvalue weighted by molar-refractivity contribution is 0.220. The second kappa shape index (κ2) is 10.6. The summed E-state index contributed by atoms with van der Waals surface area (Å²) < 4.78 is 19.8. The molecule has 1 fully saturated rings. The number of anilines is 2. The van der Waals surface area contributed by atoms with E-state index in [0.717, 1.165) is 25.1 Å². The maximum absolute atomic E-state index is 12.1. The summed E-state index contributed by atoms with van der Waals surface area (Å²) in [5.74, 6) is 2.06. The zero-order valence-corrected chi connectivity index (χ0v) is 18.9. The van der Waals surface area contributed by atoms with Crippen LogP contribution in [0, 0.1) is 0 Å². The van der Waals surface area contributed by atoms with Crippen molar-refractivity contribution in [2.75, 3.05) is 24.1 Å². The number of piperidine rings is 1. The average molecular weight is 466 g/mol. The summed E-state index contributed by atoms with van der Waals surface area (Å²) in [6, 6.07) is 16.6. The Bertz CT molecular complexity index is 1110. The molecule has 4 rings (SSSR count). The van der Waals surface area contributed by atoms with E-state index in [1.165, 1.54) is 11.7 Å². The molecule has 3 atom stereocenters. The number of ether oxygens (including phenoxy) is 1. The Hall–Kier alpha value is -3.27. The third kappa shape index (κ3) is 5.57. The first-order valence-corrected chi connectivity index (χ1v) is 11.9. The van der Waals surface area contributed by atoms with Gasteiger partial charge in [-0.1, -0.05) is 36.9 Å². The molecule has 172 valence electrons. The van der Waals surface area contributed by atoms with Crippen LogP contribution in [0.15, 0.2) is 72.9 Å². The Kier molecular flexibility index (Phi) is 7.33. The zero-order valence-electron chi connectivity index (χ0n) is 18.1. The van der Waals surface area contributed by atoms with E-state index in [1.54, 1.807) is 24.3 Å². The molecule has 0 amide bonds. The van der Waals surface area contributed by atoms with Crippen LogP contribution in [-0.2, 0) is 11.0 Å². The quantitative estimate of drug-likeness (QED) is 0.466. The molecule has 1 aliphatic heterocycles. The van der Waals surface area contributed by atoms with Gasteiger partial charge in [0.25, 0.3) is 0 Å². The first-order valence-electron chi connectivity index (χ1n) is 10.7. The van der Waals surface area contributed by atoms with Gasteiger partial charge in [0, 0.05) is 24.5 Å². The number of benzene rings is 2. The minimum atomic E-state index is -1.22. The number of nitrogen functional groups attached to an aromatic ring is 1. The normalized spacial score (nSPS) is 18.3. The predicted octanol–water partition coefficient (Wildman–Crippen LogP) is 3.62. The number of hydrogen-bond acceptors (Lipinski definition) is 7. The van der Waals surface area contributed by atoms with E-state index in [2.05, 4.69) is 21.9 Å². The molecule has 3 aromatic rings. The number of aliphatic hydroxyl groups excluding tert-OH is 1. The van der Waals surface area contributed by atoms with E-state index in [0.29, 0.717) is 29.2 Å². The highest BCUT2D eigenvalue weighted by atomic mass is 32.2. The van der Waals surface area contributed by atoms with Crippen LogP contribution in [0.5, 0.6) is 11.5 Å². The van der Waals surface area contributed by atoms with Crippen LogP contribution in [-0.4, -0.2) is 42.7 Å². The summed E-state index contributed by atoms with van der Waals surface area (Å²) in [7, 11) is -1.22. The van der Waals surface area contributed by atoms with Crippen molar-refractivity contribution in [1.82, 2.24) is 14.3 Å². The second-order valence-corrected chi connectivity index (χ2v) is 9.12. The van der Waals surface area contributed by atoms with Gasteiger partial charge in [0.05, 0.1) is 5.56 Å². The molecule has 0 spiro atoms. The van der Waals surface area contributed by atoms with Crippen LogP contribution in [0.3, 0.4) is 0 Å². The monoisotopic (exact) mass is 465 g/mol. The van der Waals surface area contributed by atoms with Crippen LogP contribution in [0.4, 0.5) is 11.6 Å². The van der Waals surface area contributed by atoms with Crippen molar-refractivity contribution in [2.45, 2.75) is 25.0 Å². The Morgan fingerprint density at radius 2 is 1.91 bits per heavy atom. The van der Waals surface area contributed by atoms with Crippen LogP contribution in [0.25, 0.3) is 0 Å². The molecule has 0 bridgehead atoms. The first kappa shape index (κ1) is 22.9. The summed E-state index contributed by atoms with van der Waals surface area (Å²) in [6.07, 6.45) is 2.11. The molecule has 33 heavy (non-hydrogen) atoms. The molecule has 2 heterocycles. The summed E-state index contributed by atoms with van der Waals surface area (Å²) >= 11 is 0. The highest BCUT2D eigenvalue weighted by Gasteiger charge is 2.26. The Morgan fingerprint density at radius 1 is 1.18 bits per heavy atom. The number of para-hydroxylation sites is 1. The van der Waals surface area contributed by atoms with Gasteiger partial charge in [-0.15, -0.1) is 0 Å². The molecule has 9 heteroatoms. The molecule has 2 aromatic carbocycles. The standard InChI is InChI=1S/C24H27N5O3S/c1-2-33(31)29-14-6-7-18(15-29)28-24-21(23(25)26-16-27-24)22(30)17-10-12-20(13-11-17)32-19-8-4-3-5-9-19/h2-5,8-13,16,18,22,30H,1,6-7,14-15H2,(H3,25,26,27,28)/t18-,22?,33?/m1/s1. The van der Waals surface area contributed by atoms with E-state index < -0.39 is 17.1 Å². The minimum absolute atomic E-state index is 0.00421. The minimum Gasteiger partial charge on any atom is -0.457 e. The van der Waals surface area contributed by atoms with Crippen LogP contribution in [0.1, 0.15) is 30.1 Å². The number of nitrogens with one attached hydrogen (secondary N) is 1. The number of nitrogens with two attached hydrogens (primary N) is 1. The van der Waals surface area contributed by atoms with Gasteiger partial charge in [0.2, 0.25) is 0 Å². The predicted molar refractivity (Wildman–Crippen MR) is 130 cm³/mol. The second-order valence-electron chi connectivity index (χ2n) is 7.72. The van der Waals surface area contributed by atoms with Gasteiger partial charge in [-0.25, -0.2) is 18.5 Å². The molecule has 4 N–H and O–H groups in total. The van der Waals surface area contributed by atoms with Crippen molar-refractivity contribution in [3.05, 3.63) is 84.0 Å². The summed E-state index contributed by atoms with van der Waals surface area (Å²) in [5.41, 5.74) is 7.20. The lowest BCUT2D eigenvalue weighted by atomic mass is 10.0. The van der Waals surface area contributed by atoms with E-state index in [-0.39, 0.29) is 11.9 Å². The molecule has 8 nitrogen and oxygen atoms in total. The Balaban J connectivity index is 1.51. The van der Waals surface area contributed by atoms with Crippen molar-refractivity contribution in [3.63, 3.8) is 0 Å². The number of hydrogen-bond donors (Lipinski definition) is 3. The van der Waals surface area contributed by atoms with Gasteiger partial charge < -0.3 is 20.9 Å². The maximum atomic E-state index is 12.1. The lowest BCUT2D eigenvalue weighted by Gasteiger charge is -2.32. The van der Waals surface area contributed by atoms with Gasteiger partial charge in [-0.05, 0) is 42.7 Å². The largest absolute Gasteiger partial charge is 0.457 e. The van der Waals surface area contributed by atoms with Gasteiger partial charge in [0.15, 0.2) is 0 Å². The lowest BCUT2D eigenvalue weighted by Crippen LogP contribution is -2.42. The molecule has 1 aromatic heterocycles. The van der Waals surface area contributed by atoms with Crippen molar-refractivity contribution < 1.29 is 14.1 Å². The molecule has 1 aliphatic rings. The Morgan fingerprint density at radius 3 is 2.64 bits per heavy atom. The summed E-state index contributed by atoms with van der Waals surface area (Å²) in [6.45, 7) is 4.93. The maximum Gasteiger partial charge on any atom is 0.137 e. The Labute approximate surface area is 195 Å². The fraction of sp³-hybridized carbons (Fsp3) is 0.250. The number of nitrogens with zero attached hydrogens (tertiary/aromatic N) is 3. The molecule has 2 unspecified atom stereocenters. The molecular weight excluding hydrogens is 438 g/mol. The molecular formula is C24H27N5O3S. The van der Waals surface area contributed by atoms with Crippen molar-refractivity contribution >= 4 is 22.6 Å². The van der Waals surface area contributed by atoms with Crippen molar-refractivity contribution in [3.8, 4) is 11.5 Å². The van der Waals surface area contributed by atoms with E-state index in [4.69, 9.17) is 10.5 Å². The highest BCUT2D eigenvalue weighted by molar-refractivity contribution is 7.85. The third-order valence-corrected chi connectivity index (χ3v) is 6.61. The van der Waals surface area contributed by atoms with E-state index >= 15 is 0 Å². The van der Waals surface area contributed by atoms with Gasteiger partial charge in [-0.2, -0.15) is 0 Å². The molecule has 1 saturated heterocycles. The van der Waals surface area contributed by atoms with Crippen LogP contribution < -0.4 is 15.8 Å². The zero-order chi connectivity index (χ0) is 23.2. The highest BCUT2D eigenvalue weighted by Crippen LogP contribution is 2.33. The van der Waals surface area contributed by atoms with Crippen LogP contribution in [0.2, 0.25) is 0 Å². The molecule has 0 radical (unpaired) electrons. The smallest absolute Gasteiger partial charge is 0.137 e. The molecule has 0 aliphatic carbocycles. The third-order valence-electron chi connectivity index (χ3n) is 5.48. The number of aromatic nitrogens is 2. The van der Waals surface area contributed by atoms with Gasteiger partial charge >= 0.3 is 0 Å². The topological polar surface area (TPSA) is 114 Å². The summed E-state index contributed by atoms with van der Waals surface area (Å²) in [4.78, 5) is 8.42. The SMILES string of the molecule is C=CS(=O)N1CCC[C@@H](Nc2ncnc(N)c2C(O)c2ccc(Oc3ccccc3)cc2)C1. The van der Waals surface area contributed by atoms with Gasteiger partial charge in [0.1, 0.15) is 46.6 Å². The first-order chi connectivity index (χ1) is 16.0. The fourth-order valence-corrected chi connectivity index (χ4v) is 4.67. The van der Waals surface area contributed by atoms with Crippen LogP contribution >= 0.6 is 0 Å². The van der Waals surface area contributed by atoms with E-state index in [9.17, 15) is 9.32 Å². The van der Waals surface area contributed by atoms with E-state index in [1.807, 2.05) is 34.6 Å². The van der Waals surface area contributed by atoms with Gasteiger partial charge in [-0.3, -0.25) is 0 Å². The fourth-order valence-electron chi connectivity index (χ4n) is 3.83. The van der Waals surface area contributed by atoms with Crippen molar-refractivity contribution in [2.24, 2.45) is 0 Å². The summed E-state index contributed by atoms with van der Waals surface area (Å²) in [5, 5.41) is 15.9. The average Bonchev–Trinajstić information content (AvgIpc) is 2.84.